The van der Waals surface area contributed by atoms with Crippen LogP contribution < -0.4 is 5.32 Å². The highest BCUT2D eigenvalue weighted by Gasteiger charge is 2.21. The minimum Gasteiger partial charge on any atom is -0.466 e. The van der Waals surface area contributed by atoms with Gasteiger partial charge in [-0.3, -0.25) is 4.79 Å². The average molecular weight is 444 g/mol. The van der Waals surface area contributed by atoms with Crippen LogP contribution in [0.15, 0.2) is 43.7 Å². The average Bonchev–Trinajstić information content (AvgIpc) is 3.18. The molecule has 0 radical (unpaired) electrons. The van der Waals surface area contributed by atoms with E-state index in [1.165, 1.54) is 12.1 Å². The highest BCUT2D eigenvalue weighted by Crippen LogP contribution is 2.31. The highest BCUT2D eigenvalue weighted by atomic mass is 79.9. The molecule has 8 heteroatoms. The minimum absolute atomic E-state index is 0.0733. The summed E-state index contributed by atoms with van der Waals surface area (Å²) < 4.78 is 25.6. The molecule has 0 aliphatic rings. The number of aryl methyl sites for hydroxylation is 3. The van der Waals surface area contributed by atoms with Gasteiger partial charge in [0.15, 0.2) is 0 Å². The molecule has 4 rings (SSSR count). The zero-order valence-corrected chi connectivity index (χ0v) is 16.8. The molecule has 1 aromatic carbocycles. The maximum Gasteiger partial charge on any atom is 0.259 e. The number of hydrogen-bond acceptors (Lipinski definition) is 5. The molecule has 3 aromatic heterocycles. The van der Waals surface area contributed by atoms with Crippen LogP contribution in [0.5, 0.6) is 0 Å². The maximum atomic E-state index is 14.2. The van der Waals surface area contributed by atoms with Gasteiger partial charge in [-0.2, -0.15) is 0 Å². The van der Waals surface area contributed by atoms with Gasteiger partial charge < -0.3 is 14.3 Å². The zero-order chi connectivity index (χ0) is 20.0. The molecule has 6 nitrogen and oxygen atoms in total. The third-order valence-corrected chi connectivity index (χ3v) is 4.85. The number of pyridine rings is 1. The van der Waals surface area contributed by atoms with Gasteiger partial charge in [0.2, 0.25) is 0 Å². The van der Waals surface area contributed by atoms with E-state index in [9.17, 15) is 9.18 Å². The summed E-state index contributed by atoms with van der Waals surface area (Å²) in [6.45, 7) is 5.37. The van der Waals surface area contributed by atoms with Gasteiger partial charge in [0.05, 0.1) is 28.0 Å². The highest BCUT2D eigenvalue weighted by molar-refractivity contribution is 9.10. The van der Waals surface area contributed by atoms with Crippen molar-refractivity contribution in [2.24, 2.45) is 0 Å². The van der Waals surface area contributed by atoms with Crippen molar-refractivity contribution in [1.29, 1.82) is 0 Å². The van der Waals surface area contributed by atoms with E-state index in [4.69, 9.17) is 8.94 Å². The molecule has 0 atom stereocenters. The number of amides is 1. The van der Waals surface area contributed by atoms with Crippen LogP contribution in [-0.4, -0.2) is 16.0 Å². The summed E-state index contributed by atoms with van der Waals surface area (Å²) in [6, 6.07) is 7.89. The molecule has 142 valence electrons. The number of benzene rings is 1. The van der Waals surface area contributed by atoms with Crippen molar-refractivity contribution < 1.29 is 18.1 Å². The fraction of sp³-hybridized carbons (Fsp3) is 0.150. The van der Waals surface area contributed by atoms with E-state index in [0.29, 0.717) is 32.6 Å². The first-order valence-corrected chi connectivity index (χ1v) is 9.23. The second-order valence-electron chi connectivity index (χ2n) is 6.41. The molecule has 1 N–H and O–H groups in total. The quantitative estimate of drug-likeness (QED) is 0.448. The van der Waals surface area contributed by atoms with E-state index in [-0.39, 0.29) is 11.4 Å². The van der Waals surface area contributed by atoms with Crippen LogP contribution in [0.25, 0.3) is 22.4 Å². The Bertz CT molecular complexity index is 1230. The van der Waals surface area contributed by atoms with Crippen molar-refractivity contribution in [3.63, 3.8) is 0 Å². The Balaban J connectivity index is 1.83. The molecule has 3 heterocycles. The van der Waals surface area contributed by atoms with Crippen molar-refractivity contribution in [3.05, 3.63) is 63.4 Å². The predicted octanol–water partition coefficient (Wildman–Crippen LogP) is 5.56. The van der Waals surface area contributed by atoms with Gasteiger partial charge in [-0.15, -0.1) is 0 Å². The number of nitrogens with one attached hydrogen (secondary N) is 1. The fourth-order valence-corrected chi connectivity index (χ4v) is 3.41. The Hall–Kier alpha value is -3.00. The van der Waals surface area contributed by atoms with E-state index in [2.05, 4.69) is 31.4 Å². The molecule has 1 amide bonds. The third kappa shape index (κ3) is 3.20. The monoisotopic (exact) mass is 443 g/mol. The lowest BCUT2D eigenvalue weighted by Crippen LogP contribution is -2.14. The number of hydrogen-bond donors (Lipinski definition) is 1. The maximum absolute atomic E-state index is 14.2. The second kappa shape index (κ2) is 6.87. The number of furan rings is 1. The molecule has 0 aliphatic carbocycles. The normalized spacial score (nSPS) is 11.2. The van der Waals surface area contributed by atoms with E-state index < -0.39 is 11.7 Å². The van der Waals surface area contributed by atoms with Gasteiger partial charge in [0.25, 0.3) is 11.6 Å². The van der Waals surface area contributed by atoms with Crippen LogP contribution >= 0.6 is 15.9 Å². The number of aromatic nitrogens is 2. The molecule has 0 fully saturated rings. The Morgan fingerprint density at radius 1 is 1.18 bits per heavy atom. The standard InChI is InChI=1S/C20H15BrFN3O3/c1-9-6-13(11(3)27-9)17-8-14(18-10(2)25-28-20(18)24-17)19(26)23-16-5-4-12(21)7-15(16)22/h4-8H,1-3H3,(H,23,26). The third-order valence-electron chi connectivity index (χ3n) is 4.36. The van der Waals surface area contributed by atoms with Crippen molar-refractivity contribution in [3.8, 4) is 11.3 Å². The molecule has 0 spiro atoms. The summed E-state index contributed by atoms with van der Waals surface area (Å²) in [5.41, 5.74) is 2.38. The van der Waals surface area contributed by atoms with E-state index in [0.717, 1.165) is 11.3 Å². The van der Waals surface area contributed by atoms with Crippen molar-refractivity contribution in [2.75, 3.05) is 5.32 Å². The van der Waals surface area contributed by atoms with Crippen molar-refractivity contribution >= 4 is 38.6 Å². The number of carbonyl (C=O) groups excluding carboxylic acids is 1. The zero-order valence-electron chi connectivity index (χ0n) is 15.3. The molecule has 0 saturated carbocycles. The lowest BCUT2D eigenvalue weighted by atomic mass is 10.1. The molecule has 0 aliphatic heterocycles. The van der Waals surface area contributed by atoms with E-state index in [1.54, 1.807) is 19.1 Å². The van der Waals surface area contributed by atoms with Crippen LogP contribution in [0, 0.1) is 26.6 Å². The summed E-state index contributed by atoms with van der Waals surface area (Å²) >= 11 is 3.20. The van der Waals surface area contributed by atoms with Gasteiger partial charge >= 0.3 is 0 Å². The van der Waals surface area contributed by atoms with Gasteiger partial charge in [0.1, 0.15) is 17.3 Å². The molecule has 0 bridgehead atoms. The predicted molar refractivity (Wildman–Crippen MR) is 106 cm³/mol. The number of anilines is 1. The Morgan fingerprint density at radius 3 is 2.64 bits per heavy atom. The fourth-order valence-electron chi connectivity index (χ4n) is 3.08. The first-order chi connectivity index (χ1) is 13.3. The number of rotatable bonds is 3. The summed E-state index contributed by atoms with van der Waals surface area (Å²) in [5, 5.41) is 7.01. The number of carbonyl (C=O) groups is 1. The Kier molecular flexibility index (Phi) is 4.50. The summed E-state index contributed by atoms with van der Waals surface area (Å²) in [5.74, 6) is 0.368. The largest absolute Gasteiger partial charge is 0.466 e. The number of fused-ring (bicyclic) bond motifs is 1. The van der Waals surface area contributed by atoms with Crippen LogP contribution in [0.2, 0.25) is 0 Å². The van der Waals surface area contributed by atoms with Crippen LogP contribution in [0.4, 0.5) is 10.1 Å². The lowest BCUT2D eigenvalue weighted by molar-refractivity contribution is 0.102. The molecule has 4 aromatic rings. The lowest BCUT2D eigenvalue weighted by Gasteiger charge is -2.09. The molecular formula is C20H15BrFN3O3. The molecule has 0 unspecified atom stereocenters. The van der Waals surface area contributed by atoms with Crippen LogP contribution in [0.1, 0.15) is 27.6 Å². The molecular weight excluding hydrogens is 429 g/mol. The van der Waals surface area contributed by atoms with Crippen LogP contribution in [0.3, 0.4) is 0 Å². The SMILES string of the molecule is Cc1cc(-c2cc(C(=O)Nc3ccc(Br)cc3F)c3c(C)noc3n2)c(C)o1. The van der Waals surface area contributed by atoms with Gasteiger partial charge in [0, 0.05) is 10.0 Å². The summed E-state index contributed by atoms with van der Waals surface area (Å²) in [4.78, 5) is 17.4. The van der Waals surface area contributed by atoms with Gasteiger partial charge in [-0.25, -0.2) is 9.37 Å². The van der Waals surface area contributed by atoms with Crippen molar-refractivity contribution in [2.45, 2.75) is 20.8 Å². The Morgan fingerprint density at radius 2 is 1.96 bits per heavy atom. The minimum atomic E-state index is -0.545. The van der Waals surface area contributed by atoms with E-state index >= 15 is 0 Å². The number of nitrogens with zero attached hydrogens (tertiary/aromatic N) is 2. The second-order valence-corrected chi connectivity index (χ2v) is 7.32. The summed E-state index contributed by atoms with van der Waals surface area (Å²) in [7, 11) is 0. The summed E-state index contributed by atoms with van der Waals surface area (Å²) in [6.07, 6.45) is 0. The Labute approximate surface area is 167 Å². The molecule has 0 saturated heterocycles. The van der Waals surface area contributed by atoms with E-state index in [1.807, 2.05) is 19.9 Å². The first kappa shape index (κ1) is 18.4. The topological polar surface area (TPSA) is 81.2 Å². The van der Waals surface area contributed by atoms with Gasteiger partial charge in [-0.05, 0) is 51.1 Å². The van der Waals surface area contributed by atoms with Crippen LogP contribution in [-0.2, 0) is 0 Å². The first-order valence-electron chi connectivity index (χ1n) is 8.44. The van der Waals surface area contributed by atoms with Crippen molar-refractivity contribution in [1.82, 2.24) is 10.1 Å². The number of halogens is 2. The van der Waals surface area contributed by atoms with Gasteiger partial charge in [-0.1, -0.05) is 21.1 Å². The smallest absolute Gasteiger partial charge is 0.259 e. The molecule has 28 heavy (non-hydrogen) atoms.